The van der Waals surface area contributed by atoms with Gasteiger partial charge in [-0.3, -0.25) is 0 Å². The van der Waals surface area contributed by atoms with E-state index in [9.17, 15) is 0 Å². The van der Waals surface area contributed by atoms with E-state index in [1.54, 1.807) is 0 Å². The zero-order valence-corrected chi connectivity index (χ0v) is 22.0. The number of hydrogen-bond donors (Lipinski definition) is 0. The molecule has 0 saturated heterocycles. The van der Waals surface area contributed by atoms with Crippen molar-refractivity contribution in [2.45, 2.75) is 0 Å². The molecule has 0 heterocycles. The van der Waals surface area contributed by atoms with E-state index in [1.807, 2.05) is 0 Å². The third-order valence-corrected chi connectivity index (χ3v) is 8.24. The first-order valence-corrected chi connectivity index (χ1v) is 13.9. The van der Waals surface area contributed by atoms with Crippen LogP contribution in [-0.4, -0.2) is 0 Å². The molecule has 0 aliphatic rings. The third-order valence-electron chi connectivity index (χ3n) is 8.24. The summed E-state index contributed by atoms with van der Waals surface area (Å²) in [5.74, 6) is 0. The predicted octanol–water partition coefficient (Wildman–Crippen LogP) is 11.3. The van der Waals surface area contributed by atoms with Gasteiger partial charge in [-0.2, -0.15) is 0 Å². The first kappa shape index (κ1) is 22.8. The average molecular weight is 507 g/mol. The van der Waals surface area contributed by atoms with Gasteiger partial charge >= 0.3 is 0 Å². The van der Waals surface area contributed by atoms with Gasteiger partial charge < -0.3 is 0 Å². The molecule has 40 heavy (non-hydrogen) atoms. The van der Waals surface area contributed by atoms with Crippen molar-refractivity contribution >= 4 is 43.1 Å². The molecule has 0 nitrogen and oxygen atoms in total. The topological polar surface area (TPSA) is 0 Å². The lowest BCUT2D eigenvalue weighted by Crippen LogP contribution is -1.89. The summed E-state index contributed by atoms with van der Waals surface area (Å²) < 4.78 is 0. The molecule has 0 radical (unpaired) electrons. The van der Waals surface area contributed by atoms with Gasteiger partial charge in [0.1, 0.15) is 0 Å². The van der Waals surface area contributed by atoms with Crippen molar-refractivity contribution in [3.63, 3.8) is 0 Å². The monoisotopic (exact) mass is 506 g/mol. The first-order valence-electron chi connectivity index (χ1n) is 13.9. The van der Waals surface area contributed by atoms with E-state index in [0.29, 0.717) is 0 Å². The highest BCUT2D eigenvalue weighted by Crippen LogP contribution is 2.41. The van der Waals surface area contributed by atoms with Gasteiger partial charge in [-0.1, -0.05) is 146 Å². The van der Waals surface area contributed by atoms with Crippen molar-refractivity contribution in [2.75, 3.05) is 0 Å². The van der Waals surface area contributed by atoms with Crippen molar-refractivity contribution in [1.29, 1.82) is 0 Å². The Kier molecular flexibility index (Phi) is 5.24. The van der Waals surface area contributed by atoms with Gasteiger partial charge in [-0.05, 0) is 88.6 Å². The summed E-state index contributed by atoms with van der Waals surface area (Å²) >= 11 is 0. The molecule has 0 aromatic heterocycles. The number of rotatable bonds is 3. The average Bonchev–Trinajstić information content (AvgIpc) is 3.03. The minimum atomic E-state index is 1.23. The van der Waals surface area contributed by atoms with Crippen LogP contribution in [0.1, 0.15) is 0 Å². The van der Waals surface area contributed by atoms with Crippen LogP contribution in [-0.2, 0) is 0 Å². The summed E-state index contributed by atoms with van der Waals surface area (Å²) in [7, 11) is 0. The lowest BCUT2D eigenvalue weighted by molar-refractivity contribution is 1.63. The minimum Gasteiger partial charge on any atom is -0.0616 e. The summed E-state index contributed by atoms with van der Waals surface area (Å²) in [4.78, 5) is 0. The van der Waals surface area contributed by atoms with Crippen LogP contribution in [0.3, 0.4) is 0 Å². The highest BCUT2D eigenvalue weighted by molar-refractivity contribution is 6.19. The smallest absolute Gasteiger partial charge is 0.00206 e. The third kappa shape index (κ3) is 3.69. The van der Waals surface area contributed by atoms with Crippen molar-refractivity contribution in [1.82, 2.24) is 0 Å². The first-order chi connectivity index (χ1) is 19.8. The molecule has 8 aromatic carbocycles. The molecular formula is C40H26. The molecule has 0 aliphatic carbocycles. The second kappa shape index (κ2) is 9.22. The SMILES string of the molecule is c1ccc2cc(-c3cccc4c(-c5ccc(-c6cccc7ccccc67)cc5)cc5ccccc5c34)ccc2c1. The van der Waals surface area contributed by atoms with Crippen molar-refractivity contribution in [2.24, 2.45) is 0 Å². The summed E-state index contributed by atoms with van der Waals surface area (Å²) in [6.07, 6.45) is 0. The molecular weight excluding hydrogens is 480 g/mol. The second-order valence-electron chi connectivity index (χ2n) is 10.5. The highest BCUT2D eigenvalue weighted by atomic mass is 14.2. The lowest BCUT2D eigenvalue weighted by atomic mass is 9.88. The zero-order chi connectivity index (χ0) is 26.5. The molecule has 186 valence electrons. The Balaban J connectivity index is 1.33. The molecule has 0 N–H and O–H groups in total. The van der Waals surface area contributed by atoms with Crippen molar-refractivity contribution < 1.29 is 0 Å². The molecule has 0 spiro atoms. The summed E-state index contributed by atoms with van der Waals surface area (Å²) in [5.41, 5.74) is 7.52. The summed E-state index contributed by atoms with van der Waals surface area (Å²) in [5, 5.41) is 10.2. The molecule has 0 aliphatic heterocycles. The van der Waals surface area contributed by atoms with Crippen LogP contribution in [0.5, 0.6) is 0 Å². The van der Waals surface area contributed by atoms with E-state index in [1.165, 1.54) is 76.5 Å². The quantitative estimate of drug-likeness (QED) is 0.209. The zero-order valence-electron chi connectivity index (χ0n) is 22.0. The Morgan fingerprint density at radius 2 is 0.800 bits per heavy atom. The van der Waals surface area contributed by atoms with Crippen LogP contribution < -0.4 is 0 Å². The highest BCUT2D eigenvalue weighted by Gasteiger charge is 2.14. The Morgan fingerprint density at radius 3 is 1.62 bits per heavy atom. The Hall–Kier alpha value is -5.20. The largest absolute Gasteiger partial charge is 0.0616 e. The van der Waals surface area contributed by atoms with E-state index < -0.39 is 0 Å². The molecule has 0 saturated carbocycles. The van der Waals surface area contributed by atoms with E-state index in [0.717, 1.165) is 0 Å². The fourth-order valence-corrected chi connectivity index (χ4v) is 6.29. The van der Waals surface area contributed by atoms with Gasteiger partial charge in [-0.15, -0.1) is 0 Å². The minimum absolute atomic E-state index is 1.23. The molecule has 0 amide bonds. The summed E-state index contributed by atoms with van der Waals surface area (Å²) in [6, 6.07) is 57.6. The molecule has 0 fully saturated rings. The molecule has 0 atom stereocenters. The van der Waals surface area contributed by atoms with Crippen molar-refractivity contribution in [3.8, 4) is 33.4 Å². The van der Waals surface area contributed by atoms with Crippen LogP contribution in [0.25, 0.3) is 76.5 Å². The van der Waals surface area contributed by atoms with Gasteiger partial charge in [-0.25, -0.2) is 0 Å². The van der Waals surface area contributed by atoms with Crippen LogP contribution in [0.4, 0.5) is 0 Å². The van der Waals surface area contributed by atoms with Gasteiger partial charge in [0.25, 0.3) is 0 Å². The Morgan fingerprint density at radius 1 is 0.250 bits per heavy atom. The molecule has 0 bridgehead atoms. The normalized spacial score (nSPS) is 11.5. The van der Waals surface area contributed by atoms with Crippen LogP contribution >= 0.6 is 0 Å². The van der Waals surface area contributed by atoms with Crippen LogP contribution in [0, 0.1) is 0 Å². The van der Waals surface area contributed by atoms with E-state index >= 15 is 0 Å². The number of hydrogen-bond acceptors (Lipinski definition) is 0. The maximum Gasteiger partial charge on any atom is -0.00206 e. The maximum atomic E-state index is 2.36. The molecule has 0 unspecified atom stereocenters. The van der Waals surface area contributed by atoms with Crippen LogP contribution in [0.2, 0.25) is 0 Å². The van der Waals surface area contributed by atoms with Gasteiger partial charge in [0.2, 0.25) is 0 Å². The number of benzene rings is 8. The Bertz CT molecular complexity index is 2190. The van der Waals surface area contributed by atoms with Crippen LogP contribution in [0.15, 0.2) is 158 Å². The molecule has 0 heteroatoms. The van der Waals surface area contributed by atoms with Gasteiger partial charge in [0.15, 0.2) is 0 Å². The standard InChI is InChI=1S/C40H26/c1-2-11-31-25-33(24-19-27(31)9-1)37-17-8-18-38-39(26-32-12-4-6-15-36(32)40(37)38)30-22-20-29(21-23-30)35-16-7-13-28-10-3-5-14-34(28)35/h1-26H. The molecule has 8 aromatic rings. The van der Waals surface area contributed by atoms with Gasteiger partial charge in [0, 0.05) is 0 Å². The van der Waals surface area contributed by atoms with E-state index in [2.05, 4.69) is 158 Å². The fourth-order valence-electron chi connectivity index (χ4n) is 6.29. The van der Waals surface area contributed by atoms with Gasteiger partial charge in [0.05, 0.1) is 0 Å². The Labute approximate surface area is 233 Å². The fraction of sp³-hybridized carbons (Fsp3) is 0. The summed E-state index contributed by atoms with van der Waals surface area (Å²) in [6.45, 7) is 0. The second-order valence-corrected chi connectivity index (χ2v) is 10.5. The predicted molar refractivity (Wildman–Crippen MR) is 173 cm³/mol. The van der Waals surface area contributed by atoms with Crippen molar-refractivity contribution in [3.05, 3.63) is 158 Å². The van der Waals surface area contributed by atoms with E-state index in [-0.39, 0.29) is 0 Å². The van der Waals surface area contributed by atoms with E-state index in [4.69, 9.17) is 0 Å². The maximum absolute atomic E-state index is 2.36. The lowest BCUT2D eigenvalue weighted by Gasteiger charge is -2.16. The molecule has 8 rings (SSSR count). The number of fused-ring (bicyclic) bond motifs is 5.